The summed E-state index contributed by atoms with van der Waals surface area (Å²) in [4.78, 5) is 21.4. The zero-order valence-corrected chi connectivity index (χ0v) is 15.3. The van der Waals surface area contributed by atoms with Crippen molar-refractivity contribution >= 4 is 23.2 Å². The first-order valence-corrected chi connectivity index (χ1v) is 8.47. The first kappa shape index (κ1) is 19.2. The van der Waals surface area contributed by atoms with E-state index in [1.165, 1.54) is 23.4 Å². The van der Waals surface area contributed by atoms with Crippen LogP contribution in [0.4, 0.5) is 21.7 Å². The van der Waals surface area contributed by atoms with E-state index in [0.717, 1.165) is 6.07 Å². The number of primary amides is 1. The molecule has 6 N–H and O–H groups in total. The number of carbonyl (C=O) groups excluding carboxylic acids is 1. The van der Waals surface area contributed by atoms with Crippen LogP contribution < -0.4 is 22.1 Å². The standard InChI is InChI=1S/C17H20FN9O/c1-9(19)10(2)24-17-13(18)8-12(15(20)28)16(26-17)25-11-3-4-21-14(7-11)27-22-5-6-23-27/h3-10H,19H2,1-2H3,(H2,20,28)(H2,21,24,25,26). The topological polar surface area (TPSA) is 150 Å². The van der Waals surface area contributed by atoms with Gasteiger partial charge in [0.05, 0.1) is 18.0 Å². The monoisotopic (exact) mass is 385 g/mol. The minimum Gasteiger partial charge on any atom is -0.365 e. The summed E-state index contributed by atoms with van der Waals surface area (Å²) in [6.07, 6.45) is 4.57. The minimum atomic E-state index is -0.816. The Morgan fingerprint density at radius 3 is 2.54 bits per heavy atom. The first-order chi connectivity index (χ1) is 13.3. The van der Waals surface area contributed by atoms with Crippen molar-refractivity contribution in [3.8, 4) is 5.82 Å². The molecular weight excluding hydrogens is 365 g/mol. The Bertz CT molecular complexity index is 975. The minimum absolute atomic E-state index is 0.0414. The maximum Gasteiger partial charge on any atom is 0.252 e. The Morgan fingerprint density at radius 2 is 1.89 bits per heavy atom. The summed E-state index contributed by atoms with van der Waals surface area (Å²) >= 11 is 0. The molecular formula is C17H20FN9O. The van der Waals surface area contributed by atoms with Crippen molar-refractivity contribution < 1.29 is 9.18 Å². The zero-order chi connectivity index (χ0) is 20.3. The van der Waals surface area contributed by atoms with Gasteiger partial charge < -0.3 is 22.1 Å². The van der Waals surface area contributed by atoms with E-state index in [1.807, 2.05) is 0 Å². The Morgan fingerprint density at radius 1 is 1.18 bits per heavy atom. The third-order valence-corrected chi connectivity index (χ3v) is 4.03. The summed E-state index contributed by atoms with van der Waals surface area (Å²) in [5, 5.41) is 13.9. The smallest absolute Gasteiger partial charge is 0.252 e. The second kappa shape index (κ2) is 7.96. The molecule has 2 atom stereocenters. The van der Waals surface area contributed by atoms with E-state index in [4.69, 9.17) is 11.5 Å². The molecule has 0 aliphatic carbocycles. The molecule has 3 rings (SSSR count). The van der Waals surface area contributed by atoms with E-state index in [2.05, 4.69) is 30.8 Å². The van der Waals surface area contributed by atoms with Crippen molar-refractivity contribution in [3.63, 3.8) is 0 Å². The highest BCUT2D eigenvalue weighted by molar-refractivity contribution is 5.98. The van der Waals surface area contributed by atoms with Crippen molar-refractivity contribution in [3.05, 3.63) is 48.2 Å². The molecule has 2 unspecified atom stereocenters. The average molecular weight is 385 g/mol. The Hall–Kier alpha value is -3.60. The van der Waals surface area contributed by atoms with Gasteiger partial charge in [-0.25, -0.2) is 14.4 Å². The van der Waals surface area contributed by atoms with Gasteiger partial charge in [0.15, 0.2) is 17.5 Å². The number of nitrogens with zero attached hydrogens (tertiary/aromatic N) is 5. The number of aromatic nitrogens is 5. The number of nitrogens with two attached hydrogens (primary N) is 2. The van der Waals surface area contributed by atoms with Crippen molar-refractivity contribution in [2.24, 2.45) is 11.5 Å². The van der Waals surface area contributed by atoms with Crippen molar-refractivity contribution in [2.75, 3.05) is 10.6 Å². The maximum atomic E-state index is 14.4. The lowest BCUT2D eigenvalue weighted by Crippen LogP contribution is -2.35. The van der Waals surface area contributed by atoms with Gasteiger partial charge in [0.2, 0.25) is 0 Å². The quantitative estimate of drug-likeness (QED) is 0.474. The molecule has 10 nitrogen and oxygen atoms in total. The number of carbonyl (C=O) groups is 1. The SMILES string of the molecule is CC(N)C(C)Nc1nc(Nc2ccnc(-n3nccn3)c2)c(C(N)=O)cc1F. The van der Waals surface area contributed by atoms with Gasteiger partial charge in [-0.15, -0.1) is 4.80 Å². The fourth-order valence-corrected chi connectivity index (χ4v) is 2.30. The lowest BCUT2D eigenvalue weighted by molar-refractivity contribution is 0.100. The lowest BCUT2D eigenvalue weighted by Gasteiger charge is -2.20. The number of amides is 1. The van der Waals surface area contributed by atoms with E-state index in [1.54, 1.807) is 26.0 Å². The summed E-state index contributed by atoms with van der Waals surface area (Å²) in [5.74, 6) is -1.02. The molecule has 0 saturated carbocycles. The molecule has 0 radical (unpaired) electrons. The first-order valence-electron chi connectivity index (χ1n) is 8.47. The van der Waals surface area contributed by atoms with Crippen molar-refractivity contribution in [1.29, 1.82) is 0 Å². The Balaban J connectivity index is 1.96. The Labute approximate surface area is 160 Å². The predicted octanol–water partition coefficient (Wildman–Crippen LogP) is 1.19. The molecule has 0 aliphatic rings. The molecule has 0 fully saturated rings. The van der Waals surface area contributed by atoms with Crippen LogP contribution in [0.25, 0.3) is 5.82 Å². The molecule has 0 bridgehead atoms. The van der Waals surface area contributed by atoms with E-state index < -0.39 is 11.7 Å². The van der Waals surface area contributed by atoms with Crippen molar-refractivity contribution in [2.45, 2.75) is 25.9 Å². The number of pyridine rings is 2. The maximum absolute atomic E-state index is 14.4. The van der Waals surface area contributed by atoms with E-state index in [-0.39, 0.29) is 29.3 Å². The molecule has 146 valence electrons. The van der Waals surface area contributed by atoms with Crippen LogP contribution >= 0.6 is 0 Å². The summed E-state index contributed by atoms with van der Waals surface area (Å²) in [5.41, 5.74) is 11.6. The molecule has 3 aromatic rings. The summed E-state index contributed by atoms with van der Waals surface area (Å²) in [6.45, 7) is 3.58. The summed E-state index contributed by atoms with van der Waals surface area (Å²) in [7, 11) is 0. The highest BCUT2D eigenvalue weighted by atomic mass is 19.1. The second-order valence-corrected chi connectivity index (χ2v) is 6.22. The summed E-state index contributed by atoms with van der Waals surface area (Å²) < 4.78 is 14.4. The van der Waals surface area contributed by atoms with Crippen LogP contribution in [-0.2, 0) is 0 Å². The van der Waals surface area contributed by atoms with E-state index in [0.29, 0.717) is 11.5 Å². The number of hydrogen-bond acceptors (Lipinski definition) is 8. The molecule has 11 heteroatoms. The highest BCUT2D eigenvalue weighted by Gasteiger charge is 2.18. The van der Waals surface area contributed by atoms with Gasteiger partial charge in [-0.2, -0.15) is 10.2 Å². The largest absolute Gasteiger partial charge is 0.365 e. The van der Waals surface area contributed by atoms with Gasteiger partial charge >= 0.3 is 0 Å². The van der Waals surface area contributed by atoms with Gasteiger partial charge in [-0.05, 0) is 26.0 Å². The molecule has 0 aromatic carbocycles. The molecule has 0 spiro atoms. The van der Waals surface area contributed by atoms with Gasteiger partial charge in [0.1, 0.15) is 5.82 Å². The van der Waals surface area contributed by atoms with Gasteiger partial charge in [0.25, 0.3) is 5.91 Å². The average Bonchev–Trinajstić information content (AvgIpc) is 3.19. The fraction of sp³-hybridized carbons (Fsp3) is 0.235. The third kappa shape index (κ3) is 4.20. The molecule has 28 heavy (non-hydrogen) atoms. The van der Waals surface area contributed by atoms with Gasteiger partial charge in [-0.1, -0.05) is 0 Å². The van der Waals surface area contributed by atoms with Crippen LogP contribution in [0, 0.1) is 5.82 Å². The number of anilines is 3. The Kier molecular flexibility index (Phi) is 5.45. The van der Waals surface area contributed by atoms with Crippen LogP contribution in [-0.4, -0.2) is 43.0 Å². The molecule has 3 aromatic heterocycles. The normalized spacial score (nSPS) is 13.0. The molecule has 0 aliphatic heterocycles. The second-order valence-electron chi connectivity index (χ2n) is 6.22. The van der Waals surface area contributed by atoms with Crippen LogP contribution in [0.3, 0.4) is 0 Å². The van der Waals surface area contributed by atoms with Gasteiger partial charge in [-0.3, -0.25) is 4.79 Å². The zero-order valence-electron chi connectivity index (χ0n) is 15.3. The molecule has 0 saturated heterocycles. The number of hydrogen-bond donors (Lipinski definition) is 4. The number of halogens is 1. The summed E-state index contributed by atoms with van der Waals surface area (Å²) in [6, 6.07) is 3.85. The van der Waals surface area contributed by atoms with Crippen LogP contribution in [0.15, 0.2) is 36.8 Å². The number of rotatable bonds is 7. The molecule has 1 amide bonds. The lowest BCUT2D eigenvalue weighted by atomic mass is 10.2. The van der Waals surface area contributed by atoms with E-state index in [9.17, 15) is 9.18 Å². The fourth-order valence-electron chi connectivity index (χ4n) is 2.30. The van der Waals surface area contributed by atoms with Crippen molar-refractivity contribution in [1.82, 2.24) is 25.0 Å². The van der Waals surface area contributed by atoms with Crippen LogP contribution in [0.2, 0.25) is 0 Å². The number of nitrogens with one attached hydrogen (secondary N) is 2. The van der Waals surface area contributed by atoms with E-state index >= 15 is 0 Å². The van der Waals surface area contributed by atoms with Gasteiger partial charge in [0, 0.05) is 30.0 Å². The predicted molar refractivity (Wildman–Crippen MR) is 102 cm³/mol. The van der Waals surface area contributed by atoms with Crippen LogP contribution in [0.1, 0.15) is 24.2 Å². The van der Waals surface area contributed by atoms with Crippen LogP contribution in [0.5, 0.6) is 0 Å². The molecule has 3 heterocycles. The third-order valence-electron chi connectivity index (χ3n) is 4.03. The highest BCUT2D eigenvalue weighted by Crippen LogP contribution is 2.24.